The molecule has 0 radical (unpaired) electrons. The molecule has 1 fully saturated rings. The number of benzene rings is 2. The standard InChI is InChI=1S/C22H23N5O4/c1-31-17-7-9-21(29)16(11-17)13-25-19-5-3-2-4-18(19)24-12-15-10-14(6-8-20(15)28)22(30)26-27-23/h6-13,18-19,28-29H,2-5H2,1H3. The number of amides is 1. The van der Waals surface area contributed by atoms with Crippen LogP contribution in [0.4, 0.5) is 0 Å². The Morgan fingerprint density at radius 2 is 1.61 bits per heavy atom. The van der Waals surface area contributed by atoms with Gasteiger partial charge in [0.25, 0.3) is 0 Å². The first-order valence-corrected chi connectivity index (χ1v) is 9.87. The molecule has 160 valence electrons. The fourth-order valence-electron chi connectivity index (χ4n) is 3.44. The van der Waals surface area contributed by atoms with E-state index >= 15 is 0 Å². The molecular weight excluding hydrogens is 398 g/mol. The summed E-state index contributed by atoms with van der Waals surface area (Å²) in [5, 5.41) is 23.2. The van der Waals surface area contributed by atoms with Gasteiger partial charge in [-0.3, -0.25) is 14.8 Å². The molecule has 1 saturated carbocycles. The Kier molecular flexibility index (Phi) is 7.24. The van der Waals surface area contributed by atoms with Crippen molar-refractivity contribution in [2.45, 2.75) is 37.8 Å². The van der Waals surface area contributed by atoms with Crippen molar-refractivity contribution >= 4 is 18.3 Å². The Hall–Kier alpha value is -3.84. The van der Waals surface area contributed by atoms with Gasteiger partial charge in [-0.2, -0.15) is 0 Å². The maximum absolute atomic E-state index is 11.8. The summed E-state index contributed by atoms with van der Waals surface area (Å²) in [6.07, 6.45) is 6.88. The minimum atomic E-state index is -0.726. The second kappa shape index (κ2) is 10.3. The Morgan fingerprint density at radius 1 is 1.03 bits per heavy atom. The highest BCUT2D eigenvalue weighted by atomic mass is 16.5. The van der Waals surface area contributed by atoms with Gasteiger partial charge in [-0.15, -0.1) is 0 Å². The van der Waals surface area contributed by atoms with Gasteiger partial charge in [-0.1, -0.05) is 12.8 Å². The third-order valence-corrected chi connectivity index (χ3v) is 5.15. The van der Waals surface area contributed by atoms with Crippen LogP contribution in [0.15, 0.2) is 51.5 Å². The fourth-order valence-corrected chi connectivity index (χ4v) is 3.44. The summed E-state index contributed by atoms with van der Waals surface area (Å²) in [7, 11) is 1.56. The summed E-state index contributed by atoms with van der Waals surface area (Å²) < 4.78 is 5.19. The number of carbonyl (C=O) groups is 1. The first-order chi connectivity index (χ1) is 15.0. The molecule has 9 nitrogen and oxygen atoms in total. The van der Waals surface area contributed by atoms with E-state index in [1.165, 1.54) is 24.4 Å². The van der Waals surface area contributed by atoms with Crippen molar-refractivity contribution < 1.29 is 19.7 Å². The molecule has 9 heteroatoms. The molecule has 31 heavy (non-hydrogen) atoms. The van der Waals surface area contributed by atoms with Gasteiger partial charge >= 0.3 is 0 Å². The number of hydrogen-bond acceptors (Lipinski definition) is 6. The quantitative estimate of drug-likeness (QED) is 0.308. The van der Waals surface area contributed by atoms with Crippen molar-refractivity contribution in [3.05, 3.63) is 63.5 Å². The van der Waals surface area contributed by atoms with E-state index in [9.17, 15) is 15.0 Å². The van der Waals surface area contributed by atoms with E-state index in [2.05, 4.69) is 20.0 Å². The number of azide groups is 1. The normalized spacial score (nSPS) is 18.7. The molecule has 2 N–H and O–H groups in total. The predicted molar refractivity (Wildman–Crippen MR) is 117 cm³/mol. The summed E-state index contributed by atoms with van der Waals surface area (Å²) in [6.45, 7) is 0. The van der Waals surface area contributed by atoms with Crippen LogP contribution >= 0.6 is 0 Å². The molecular formula is C22H23N5O4. The van der Waals surface area contributed by atoms with Crippen LogP contribution in [0.2, 0.25) is 0 Å². The van der Waals surface area contributed by atoms with Gasteiger partial charge < -0.3 is 14.9 Å². The van der Waals surface area contributed by atoms with E-state index in [1.54, 1.807) is 31.5 Å². The van der Waals surface area contributed by atoms with Crippen LogP contribution in [0.25, 0.3) is 10.4 Å². The van der Waals surface area contributed by atoms with Crippen molar-refractivity contribution in [3.8, 4) is 17.2 Å². The van der Waals surface area contributed by atoms with Gasteiger partial charge in [-0.05, 0) is 59.9 Å². The number of aliphatic imine (C=N–C) groups is 2. The number of carbonyl (C=O) groups excluding carboxylic acids is 1. The zero-order chi connectivity index (χ0) is 22.2. The topological polar surface area (TPSA) is 140 Å². The van der Waals surface area contributed by atoms with Crippen LogP contribution in [-0.4, -0.2) is 47.7 Å². The summed E-state index contributed by atoms with van der Waals surface area (Å²) in [5.41, 5.74) is 9.52. The van der Waals surface area contributed by atoms with Crippen molar-refractivity contribution in [2.24, 2.45) is 15.1 Å². The number of phenols is 2. The SMILES string of the molecule is COc1ccc(O)c(C=NC2CCCCC2N=Cc2cc(C(=O)N=[N+]=[N-])ccc2O)c1. The molecule has 1 aliphatic rings. The Labute approximate surface area is 179 Å². The van der Waals surface area contributed by atoms with Crippen LogP contribution < -0.4 is 4.74 Å². The minimum absolute atomic E-state index is 0.0293. The molecule has 2 unspecified atom stereocenters. The first kappa shape index (κ1) is 21.9. The van der Waals surface area contributed by atoms with Gasteiger partial charge in [-0.25, -0.2) is 0 Å². The molecule has 0 spiro atoms. The number of hydrogen-bond donors (Lipinski definition) is 2. The van der Waals surface area contributed by atoms with Gasteiger partial charge in [0.15, 0.2) is 0 Å². The maximum Gasteiger partial charge on any atom is 0.249 e. The predicted octanol–water partition coefficient (Wildman–Crippen LogP) is 4.41. The summed E-state index contributed by atoms with van der Waals surface area (Å²) in [5.74, 6) is -0.0104. The highest BCUT2D eigenvalue weighted by Crippen LogP contribution is 2.26. The van der Waals surface area contributed by atoms with Gasteiger partial charge in [0, 0.05) is 34.0 Å². The zero-order valence-electron chi connectivity index (χ0n) is 17.0. The molecule has 0 saturated heterocycles. The summed E-state index contributed by atoms with van der Waals surface area (Å²) in [6, 6.07) is 8.95. The second-order valence-corrected chi connectivity index (χ2v) is 7.17. The molecule has 2 aromatic rings. The molecule has 2 atom stereocenters. The monoisotopic (exact) mass is 421 g/mol. The lowest BCUT2D eigenvalue weighted by atomic mass is 9.91. The van der Waals surface area contributed by atoms with Crippen molar-refractivity contribution in [3.63, 3.8) is 0 Å². The molecule has 0 heterocycles. The van der Waals surface area contributed by atoms with Crippen LogP contribution in [0.3, 0.4) is 0 Å². The Bertz CT molecular complexity index is 1060. The molecule has 0 aromatic heterocycles. The van der Waals surface area contributed by atoms with E-state index in [0.29, 0.717) is 16.9 Å². The van der Waals surface area contributed by atoms with E-state index < -0.39 is 5.91 Å². The summed E-state index contributed by atoms with van der Waals surface area (Å²) >= 11 is 0. The highest BCUT2D eigenvalue weighted by Gasteiger charge is 2.23. The number of nitrogens with zero attached hydrogens (tertiary/aromatic N) is 5. The molecule has 0 bridgehead atoms. The van der Waals surface area contributed by atoms with E-state index in [0.717, 1.165) is 25.7 Å². The zero-order valence-corrected chi connectivity index (χ0v) is 17.0. The van der Waals surface area contributed by atoms with Crippen LogP contribution in [0.5, 0.6) is 17.2 Å². The largest absolute Gasteiger partial charge is 0.507 e. The van der Waals surface area contributed by atoms with Gasteiger partial charge in [0.05, 0.1) is 19.2 Å². The molecule has 1 amide bonds. The van der Waals surface area contributed by atoms with Crippen molar-refractivity contribution in [2.75, 3.05) is 7.11 Å². The van der Waals surface area contributed by atoms with Gasteiger partial charge in [0.2, 0.25) is 5.91 Å². The first-order valence-electron chi connectivity index (χ1n) is 9.87. The van der Waals surface area contributed by atoms with E-state index in [4.69, 9.17) is 10.3 Å². The highest BCUT2D eigenvalue weighted by molar-refractivity contribution is 5.97. The molecule has 0 aliphatic heterocycles. The lowest BCUT2D eigenvalue weighted by Crippen LogP contribution is -2.27. The number of methoxy groups -OCH3 is 1. The smallest absolute Gasteiger partial charge is 0.249 e. The molecule has 2 aromatic carbocycles. The second-order valence-electron chi connectivity index (χ2n) is 7.17. The van der Waals surface area contributed by atoms with Crippen molar-refractivity contribution in [1.29, 1.82) is 0 Å². The lowest BCUT2D eigenvalue weighted by Gasteiger charge is -2.25. The summed E-state index contributed by atoms with van der Waals surface area (Å²) in [4.78, 5) is 23.5. The van der Waals surface area contributed by atoms with E-state index in [1.807, 2.05) is 0 Å². The van der Waals surface area contributed by atoms with Crippen LogP contribution in [0, 0.1) is 0 Å². The Balaban J connectivity index is 1.80. The molecule has 3 rings (SSSR count). The van der Waals surface area contributed by atoms with Gasteiger partial charge in [0.1, 0.15) is 17.2 Å². The lowest BCUT2D eigenvalue weighted by molar-refractivity contribution is 0.100. The molecule has 1 aliphatic carbocycles. The third kappa shape index (κ3) is 5.61. The Morgan fingerprint density at radius 3 is 2.19 bits per heavy atom. The average molecular weight is 421 g/mol. The minimum Gasteiger partial charge on any atom is -0.507 e. The number of ether oxygens (including phenoxy) is 1. The van der Waals surface area contributed by atoms with Crippen LogP contribution in [0.1, 0.15) is 47.2 Å². The third-order valence-electron chi connectivity index (χ3n) is 5.15. The van der Waals surface area contributed by atoms with Crippen molar-refractivity contribution in [1.82, 2.24) is 0 Å². The fraction of sp³-hybridized carbons (Fsp3) is 0.318. The number of phenolic OH excluding ortho intramolecular Hbond substituents is 2. The van der Waals surface area contributed by atoms with Crippen LogP contribution in [-0.2, 0) is 0 Å². The number of rotatable bonds is 6. The average Bonchev–Trinajstić information content (AvgIpc) is 2.78. The maximum atomic E-state index is 11.8. The van der Waals surface area contributed by atoms with E-state index in [-0.39, 0.29) is 29.1 Å². The number of aromatic hydroxyl groups is 2.